The highest BCUT2D eigenvalue weighted by Crippen LogP contribution is 2.39. The van der Waals surface area contributed by atoms with Crippen molar-refractivity contribution in [2.75, 3.05) is 32.7 Å². The van der Waals surface area contributed by atoms with Crippen LogP contribution in [0, 0.1) is 30.3 Å². The fraction of sp³-hybridized carbons (Fsp3) is 0.600. The Kier molecular flexibility index (Phi) is 9.63. The van der Waals surface area contributed by atoms with E-state index in [1.165, 1.54) is 18.2 Å². The van der Waals surface area contributed by atoms with Crippen LogP contribution in [-0.2, 0) is 20.7 Å². The molecule has 0 saturated carbocycles. The number of likely N-dealkylation sites (tertiary alicyclic amines) is 1. The van der Waals surface area contributed by atoms with Crippen molar-refractivity contribution in [3.63, 3.8) is 0 Å². The highest BCUT2D eigenvalue weighted by molar-refractivity contribution is 5.82. The number of esters is 1. The summed E-state index contributed by atoms with van der Waals surface area (Å²) in [5.74, 6) is -3.13. The third kappa shape index (κ3) is 7.31. The molecule has 0 bridgehead atoms. The lowest BCUT2D eigenvalue weighted by molar-refractivity contribution is -0.171. The molecule has 9 heteroatoms. The zero-order valence-electron chi connectivity index (χ0n) is 27.6. The molecule has 0 N–H and O–H groups in total. The summed E-state index contributed by atoms with van der Waals surface area (Å²) in [4.78, 5) is 34.0. The summed E-state index contributed by atoms with van der Waals surface area (Å²) in [6.45, 7) is 19.2. The monoisotopic (exact) mass is 615 g/mol. The molecule has 0 spiro atoms. The van der Waals surface area contributed by atoms with E-state index in [1.54, 1.807) is 33.8 Å². The molecule has 4 atom stereocenters. The van der Waals surface area contributed by atoms with E-state index < -0.39 is 40.6 Å². The lowest BCUT2D eigenvalue weighted by Crippen LogP contribution is -2.65. The van der Waals surface area contributed by atoms with E-state index in [4.69, 9.17) is 4.74 Å². The number of ether oxygens (including phenoxy) is 1. The Morgan fingerprint density at radius 1 is 0.864 bits per heavy atom. The Balaban J connectivity index is 1.60. The molecule has 2 aromatic rings. The van der Waals surface area contributed by atoms with Gasteiger partial charge >= 0.3 is 5.97 Å². The Morgan fingerprint density at radius 3 is 2.11 bits per heavy atom. The van der Waals surface area contributed by atoms with Crippen LogP contribution < -0.4 is 0 Å². The number of hydrogen-bond acceptors (Lipinski definition) is 5. The van der Waals surface area contributed by atoms with Gasteiger partial charge in [-0.3, -0.25) is 19.4 Å². The summed E-state index contributed by atoms with van der Waals surface area (Å²) >= 11 is 0. The minimum Gasteiger partial charge on any atom is -0.459 e. The van der Waals surface area contributed by atoms with Gasteiger partial charge in [0.15, 0.2) is 0 Å². The lowest BCUT2D eigenvalue weighted by atomic mass is 9.86. The molecule has 0 aliphatic carbocycles. The van der Waals surface area contributed by atoms with E-state index in [-0.39, 0.29) is 29.7 Å². The van der Waals surface area contributed by atoms with Crippen molar-refractivity contribution >= 4 is 11.9 Å². The number of nitrogens with zero attached hydrogens (tertiary/aromatic N) is 3. The molecule has 2 aromatic carbocycles. The van der Waals surface area contributed by atoms with Crippen LogP contribution in [0.1, 0.15) is 78.0 Å². The van der Waals surface area contributed by atoms with Gasteiger partial charge in [-0.25, -0.2) is 13.2 Å². The Hall–Kier alpha value is -2.91. The minimum absolute atomic E-state index is 0.0822. The van der Waals surface area contributed by atoms with Crippen molar-refractivity contribution in [2.24, 2.45) is 5.92 Å². The number of benzene rings is 2. The van der Waals surface area contributed by atoms with E-state index in [9.17, 15) is 14.0 Å². The predicted octanol–water partition coefficient (Wildman–Crippen LogP) is 6.10. The molecule has 0 radical (unpaired) electrons. The van der Waals surface area contributed by atoms with E-state index in [0.717, 1.165) is 11.6 Å². The molecule has 2 aliphatic rings. The first kappa shape index (κ1) is 34.0. The lowest BCUT2D eigenvalue weighted by Gasteiger charge is -2.48. The van der Waals surface area contributed by atoms with Crippen LogP contribution >= 0.6 is 0 Å². The summed E-state index contributed by atoms with van der Waals surface area (Å²) in [5, 5.41) is 0. The van der Waals surface area contributed by atoms with Gasteiger partial charge in [-0.2, -0.15) is 0 Å². The molecule has 0 aromatic heterocycles. The average molecular weight is 616 g/mol. The number of carbonyl (C=O) groups excluding carboxylic acids is 2. The molecule has 2 fully saturated rings. The number of rotatable bonds is 6. The van der Waals surface area contributed by atoms with Crippen LogP contribution in [0.2, 0.25) is 0 Å². The first-order chi connectivity index (χ1) is 20.3. The van der Waals surface area contributed by atoms with Crippen molar-refractivity contribution in [3.05, 3.63) is 70.5 Å². The van der Waals surface area contributed by atoms with Crippen molar-refractivity contribution in [1.82, 2.24) is 14.7 Å². The highest BCUT2D eigenvalue weighted by atomic mass is 19.1. The van der Waals surface area contributed by atoms with Crippen molar-refractivity contribution in [3.8, 4) is 0 Å². The molecule has 2 heterocycles. The molecule has 2 aliphatic heterocycles. The summed E-state index contributed by atoms with van der Waals surface area (Å²) in [7, 11) is 0. The first-order valence-corrected chi connectivity index (χ1v) is 15.5. The molecule has 0 unspecified atom stereocenters. The largest absolute Gasteiger partial charge is 0.459 e. The fourth-order valence-electron chi connectivity index (χ4n) is 6.53. The molecule has 6 nitrogen and oxygen atoms in total. The maximum absolute atomic E-state index is 15.0. The van der Waals surface area contributed by atoms with Gasteiger partial charge in [0.1, 0.15) is 28.6 Å². The van der Waals surface area contributed by atoms with Gasteiger partial charge in [0, 0.05) is 62.7 Å². The maximum Gasteiger partial charge on any atom is 0.327 e. The smallest absolute Gasteiger partial charge is 0.327 e. The summed E-state index contributed by atoms with van der Waals surface area (Å²) in [6, 6.07) is 8.32. The molecule has 242 valence electrons. The molecular weight excluding hydrogens is 567 g/mol. The van der Waals surface area contributed by atoms with Crippen LogP contribution in [-0.4, -0.2) is 82.0 Å². The van der Waals surface area contributed by atoms with Gasteiger partial charge < -0.3 is 9.64 Å². The standard InChI is InChI=1S/C35H48F3N3O3/c1-22-10-11-24(29(37)16-22)18-35(9,32(43)44-34(6,7)8)39-14-15-41(23(2)19-39)31(42)28-21-40(33(3,4)5)20-27(28)26-13-12-25(36)17-30(26)38/h10-13,16-17,23,27-28H,14-15,18-21H2,1-9H3/t23-,27-,28+,35-/m0/s1. The fourth-order valence-corrected chi connectivity index (χ4v) is 6.53. The zero-order chi connectivity index (χ0) is 32.8. The van der Waals surface area contributed by atoms with Gasteiger partial charge in [0.25, 0.3) is 0 Å². The second-order valence-electron chi connectivity index (χ2n) is 14.8. The maximum atomic E-state index is 15.0. The van der Waals surface area contributed by atoms with E-state index in [2.05, 4.69) is 25.7 Å². The minimum atomic E-state index is -1.18. The number of hydrogen-bond donors (Lipinski definition) is 0. The Morgan fingerprint density at radius 2 is 1.55 bits per heavy atom. The third-order valence-electron chi connectivity index (χ3n) is 9.14. The highest BCUT2D eigenvalue weighted by Gasteiger charge is 2.49. The number of amides is 1. The van der Waals surface area contributed by atoms with Gasteiger partial charge in [-0.05, 0) is 91.1 Å². The molecule has 1 amide bonds. The van der Waals surface area contributed by atoms with E-state index in [1.807, 2.05) is 29.7 Å². The van der Waals surface area contributed by atoms with Crippen LogP contribution in [0.3, 0.4) is 0 Å². The van der Waals surface area contributed by atoms with E-state index in [0.29, 0.717) is 43.9 Å². The van der Waals surface area contributed by atoms with Gasteiger partial charge in [0.05, 0.1) is 5.92 Å². The third-order valence-corrected chi connectivity index (χ3v) is 9.14. The van der Waals surface area contributed by atoms with E-state index >= 15 is 8.78 Å². The molecular formula is C35H48F3N3O3. The summed E-state index contributed by atoms with van der Waals surface area (Å²) in [5.41, 5.74) is -0.591. The summed E-state index contributed by atoms with van der Waals surface area (Å²) in [6.07, 6.45) is 0.115. The van der Waals surface area contributed by atoms with Crippen molar-refractivity contribution in [1.29, 1.82) is 0 Å². The Bertz CT molecular complexity index is 1390. The number of halogens is 3. The molecule has 4 rings (SSSR count). The second kappa shape index (κ2) is 12.5. The molecule has 2 saturated heterocycles. The van der Waals surface area contributed by atoms with Crippen LogP contribution in [0.15, 0.2) is 36.4 Å². The Labute approximate surface area is 260 Å². The van der Waals surface area contributed by atoms with Crippen LogP contribution in [0.5, 0.6) is 0 Å². The van der Waals surface area contributed by atoms with Gasteiger partial charge in [-0.1, -0.05) is 18.2 Å². The average Bonchev–Trinajstić information content (AvgIpc) is 3.35. The number of carbonyl (C=O) groups is 2. The number of aryl methyl sites for hydroxylation is 1. The quantitative estimate of drug-likeness (QED) is 0.368. The second-order valence-corrected chi connectivity index (χ2v) is 14.8. The SMILES string of the molecule is Cc1ccc(C[C@@](C)(C(=O)OC(C)(C)C)N2CCN(C(=O)[C@@H]3CN(C(C)(C)C)C[C@H]3c3ccc(F)cc3F)[C@@H](C)C2)c(F)c1. The predicted molar refractivity (Wildman–Crippen MR) is 166 cm³/mol. The van der Waals surface area contributed by atoms with Gasteiger partial charge in [0.2, 0.25) is 5.91 Å². The van der Waals surface area contributed by atoms with Crippen LogP contribution in [0.4, 0.5) is 13.2 Å². The molecule has 44 heavy (non-hydrogen) atoms. The normalized spacial score (nSPS) is 23.5. The topological polar surface area (TPSA) is 53.1 Å². The zero-order valence-corrected chi connectivity index (χ0v) is 27.6. The summed E-state index contributed by atoms with van der Waals surface area (Å²) < 4.78 is 49.7. The number of piperazine rings is 1. The van der Waals surface area contributed by atoms with Crippen molar-refractivity contribution < 1.29 is 27.5 Å². The van der Waals surface area contributed by atoms with Crippen molar-refractivity contribution in [2.45, 2.75) is 97.4 Å². The van der Waals surface area contributed by atoms with Crippen LogP contribution in [0.25, 0.3) is 0 Å². The van der Waals surface area contributed by atoms with Gasteiger partial charge in [-0.15, -0.1) is 0 Å². The first-order valence-electron chi connectivity index (χ1n) is 15.5.